The molecule has 0 saturated heterocycles. The molecule has 0 spiro atoms. The van der Waals surface area contributed by atoms with Gasteiger partial charge >= 0.3 is 5.97 Å². The number of esters is 1. The van der Waals surface area contributed by atoms with Crippen LogP contribution in [0.3, 0.4) is 0 Å². The van der Waals surface area contributed by atoms with Crippen molar-refractivity contribution < 1.29 is 14.3 Å². The Hall–Kier alpha value is -3.93. The van der Waals surface area contributed by atoms with Gasteiger partial charge < -0.3 is 14.6 Å². The summed E-state index contributed by atoms with van der Waals surface area (Å²) in [5, 5.41) is 2.89. The van der Waals surface area contributed by atoms with Gasteiger partial charge in [0, 0.05) is 11.3 Å². The van der Waals surface area contributed by atoms with Gasteiger partial charge in [-0.25, -0.2) is 4.98 Å². The number of nitrogens with zero attached hydrogens (tertiary/aromatic N) is 2. The number of hydrogen-bond donors (Lipinski definition) is 1. The Bertz CT molecular complexity index is 1260. The van der Waals surface area contributed by atoms with E-state index in [1.807, 2.05) is 81.4 Å². The minimum atomic E-state index is -1.07. The van der Waals surface area contributed by atoms with Gasteiger partial charge in [0.05, 0.1) is 11.0 Å². The van der Waals surface area contributed by atoms with Crippen LogP contribution >= 0.6 is 0 Å². The molecule has 0 bridgehead atoms. The van der Waals surface area contributed by atoms with Gasteiger partial charge in [-0.15, -0.1) is 0 Å². The van der Waals surface area contributed by atoms with E-state index < -0.39 is 18.0 Å². The number of aryl methyl sites for hydroxylation is 3. The molecule has 32 heavy (non-hydrogen) atoms. The van der Waals surface area contributed by atoms with E-state index in [4.69, 9.17) is 4.74 Å². The van der Waals surface area contributed by atoms with Crippen LogP contribution in [-0.4, -0.2) is 21.4 Å². The second kappa shape index (κ2) is 9.06. The quantitative estimate of drug-likeness (QED) is 0.445. The van der Waals surface area contributed by atoms with Crippen LogP contribution in [-0.2, 0) is 20.9 Å². The molecule has 1 aromatic heterocycles. The number of hydrogen-bond acceptors (Lipinski definition) is 4. The summed E-state index contributed by atoms with van der Waals surface area (Å²) in [6.45, 7) is 5.74. The molecule has 1 N–H and O–H groups in total. The number of aromatic nitrogens is 2. The zero-order valence-corrected chi connectivity index (χ0v) is 18.3. The number of anilines is 1. The molecule has 3 aromatic carbocycles. The van der Waals surface area contributed by atoms with Crippen molar-refractivity contribution in [3.05, 3.63) is 95.3 Å². The summed E-state index contributed by atoms with van der Waals surface area (Å²) in [6, 6.07) is 22.4. The van der Waals surface area contributed by atoms with Gasteiger partial charge in [-0.05, 0) is 56.2 Å². The summed E-state index contributed by atoms with van der Waals surface area (Å²) in [4.78, 5) is 30.5. The first-order chi connectivity index (χ1) is 15.4. The van der Waals surface area contributed by atoms with Gasteiger partial charge in [0.15, 0.2) is 0 Å². The lowest BCUT2D eigenvalue weighted by atomic mass is 10.1. The van der Waals surface area contributed by atoms with E-state index in [0.717, 1.165) is 22.2 Å². The highest BCUT2D eigenvalue weighted by Crippen LogP contribution is 2.23. The number of nitrogens with one attached hydrogen (secondary N) is 1. The van der Waals surface area contributed by atoms with Gasteiger partial charge in [-0.1, -0.05) is 48.5 Å². The predicted molar refractivity (Wildman–Crippen MR) is 124 cm³/mol. The molecule has 6 heteroatoms. The van der Waals surface area contributed by atoms with Crippen molar-refractivity contribution in [3.63, 3.8) is 0 Å². The average Bonchev–Trinajstić information content (AvgIpc) is 3.07. The fourth-order valence-corrected chi connectivity index (χ4v) is 3.85. The fourth-order valence-electron chi connectivity index (χ4n) is 3.85. The maximum Gasteiger partial charge on any atom is 0.327 e. The Labute approximate surface area is 186 Å². The third-order valence-corrected chi connectivity index (χ3v) is 5.21. The number of ether oxygens (including phenoxy) is 1. The summed E-state index contributed by atoms with van der Waals surface area (Å²) in [5.74, 6) is -0.207. The van der Waals surface area contributed by atoms with E-state index in [-0.39, 0.29) is 6.54 Å². The Morgan fingerprint density at radius 3 is 2.31 bits per heavy atom. The molecule has 4 rings (SSSR count). The van der Waals surface area contributed by atoms with E-state index in [1.54, 1.807) is 16.7 Å². The van der Waals surface area contributed by atoms with Crippen LogP contribution in [0.5, 0.6) is 0 Å². The first-order valence-electron chi connectivity index (χ1n) is 10.5. The second-order valence-corrected chi connectivity index (χ2v) is 7.88. The number of benzene rings is 3. The lowest BCUT2D eigenvalue weighted by molar-refractivity contribution is -0.155. The summed E-state index contributed by atoms with van der Waals surface area (Å²) < 4.78 is 7.50. The third kappa shape index (κ3) is 4.70. The smallest absolute Gasteiger partial charge is 0.327 e. The first-order valence-corrected chi connectivity index (χ1v) is 10.5. The van der Waals surface area contributed by atoms with Crippen molar-refractivity contribution >= 4 is 28.6 Å². The lowest BCUT2D eigenvalue weighted by Crippen LogP contribution is -2.27. The molecule has 0 saturated carbocycles. The van der Waals surface area contributed by atoms with Crippen molar-refractivity contribution in [1.82, 2.24) is 9.55 Å². The van der Waals surface area contributed by atoms with Crippen molar-refractivity contribution in [2.45, 2.75) is 33.4 Å². The molecule has 0 aliphatic rings. The Balaban J connectivity index is 1.57. The molecular weight excluding hydrogens is 402 g/mol. The Morgan fingerprint density at radius 1 is 0.938 bits per heavy atom. The zero-order chi connectivity index (χ0) is 22.7. The monoisotopic (exact) mass is 427 g/mol. The van der Waals surface area contributed by atoms with Gasteiger partial charge in [-0.3, -0.25) is 9.59 Å². The average molecular weight is 428 g/mol. The van der Waals surface area contributed by atoms with Crippen LogP contribution < -0.4 is 5.32 Å². The second-order valence-electron chi connectivity index (χ2n) is 7.88. The van der Waals surface area contributed by atoms with Crippen molar-refractivity contribution in [2.75, 3.05) is 5.32 Å². The molecular formula is C26H25N3O3. The molecule has 162 valence electrons. The van der Waals surface area contributed by atoms with E-state index in [9.17, 15) is 9.59 Å². The Kier molecular flexibility index (Phi) is 6.03. The lowest BCUT2D eigenvalue weighted by Gasteiger charge is -2.19. The van der Waals surface area contributed by atoms with Gasteiger partial charge in [0.2, 0.25) is 6.10 Å². The first kappa shape index (κ1) is 21.3. The molecule has 0 aliphatic heterocycles. The highest BCUT2D eigenvalue weighted by atomic mass is 16.5. The van der Waals surface area contributed by atoms with E-state index in [0.29, 0.717) is 17.1 Å². The fraction of sp³-hybridized carbons (Fsp3) is 0.192. The number of amides is 1. The molecule has 4 aromatic rings. The number of carbonyl (C=O) groups is 2. The number of carbonyl (C=O) groups excluding carboxylic acids is 2. The summed E-state index contributed by atoms with van der Waals surface area (Å²) in [6.07, 6.45) is -1.07. The minimum absolute atomic E-state index is 0.0352. The normalized spacial score (nSPS) is 11.8. The third-order valence-electron chi connectivity index (χ3n) is 5.21. The van der Waals surface area contributed by atoms with E-state index in [2.05, 4.69) is 10.3 Å². The molecule has 1 amide bonds. The molecule has 1 atom stereocenters. The van der Waals surface area contributed by atoms with Crippen molar-refractivity contribution in [2.24, 2.45) is 0 Å². The van der Waals surface area contributed by atoms with E-state index >= 15 is 0 Å². The van der Waals surface area contributed by atoms with Crippen LogP contribution in [0.1, 0.15) is 28.6 Å². The topological polar surface area (TPSA) is 73.2 Å². The van der Waals surface area contributed by atoms with E-state index in [1.165, 1.54) is 0 Å². The molecule has 1 heterocycles. The van der Waals surface area contributed by atoms with Gasteiger partial charge in [0.1, 0.15) is 12.4 Å². The van der Waals surface area contributed by atoms with Gasteiger partial charge in [0.25, 0.3) is 5.91 Å². The summed E-state index contributed by atoms with van der Waals surface area (Å²) >= 11 is 0. The highest BCUT2D eigenvalue weighted by Gasteiger charge is 2.26. The van der Waals surface area contributed by atoms with Crippen molar-refractivity contribution in [1.29, 1.82) is 0 Å². The van der Waals surface area contributed by atoms with Crippen LogP contribution in [0.2, 0.25) is 0 Å². The standard InChI is InChI=1S/C26H25N3O3/c1-17-13-18(2)15-21(14-17)28-26(31)25(20-9-5-4-6-10-20)32-24(30)16-29-19(3)27-22-11-7-8-12-23(22)29/h4-15,25H,16H2,1-3H3,(H,28,31). The number of para-hydroxylation sites is 2. The Morgan fingerprint density at radius 2 is 1.59 bits per heavy atom. The minimum Gasteiger partial charge on any atom is -0.446 e. The predicted octanol–water partition coefficient (Wildman–Crippen LogP) is 4.88. The molecule has 0 fully saturated rings. The SMILES string of the molecule is Cc1cc(C)cc(NC(=O)C(OC(=O)Cn2c(C)nc3ccccc32)c2ccccc2)c1. The van der Waals surface area contributed by atoms with Crippen LogP contribution in [0.15, 0.2) is 72.8 Å². The number of fused-ring (bicyclic) bond motifs is 1. The van der Waals surface area contributed by atoms with Gasteiger partial charge in [-0.2, -0.15) is 0 Å². The zero-order valence-electron chi connectivity index (χ0n) is 18.3. The van der Waals surface area contributed by atoms with Crippen LogP contribution in [0.25, 0.3) is 11.0 Å². The maximum atomic E-state index is 13.1. The molecule has 6 nitrogen and oxygen atoms in total. The van der Waals surface area contributed by atoms with Crippen LogP contribution in [0.4, 0.5) is 5.69 Å². The van der Waals surface area contributed by atoms with Crippen LogP contribution in [0, 0.1) is 20.8 Å². The number of imidazole rings is 1. The number of rotatable bonds is 6. The molecule has 0 aliphatic carbocycles. The molecule has 1 unspecified atom stereocenters. The maximum absolute atomic E-state index is 13.1. The van der Waals surface area contributed by atoms with Crippen molar-refractivity contribution in [3.8, 4) is 0 Å². The largest absolute Gasteiger partial charge is 0.446 e. The summed E-state index contributed by atoms with van der Waals surface area (Å²) in [5.41, 5.74) is 5.01. The molecule has 0 radical (unpaired) electrons. The highest BCUT2D eigenvalue weighted by molar-refractivity contribution is 5.96. The summed E-state index contributed by atoms with van der Waals surface area (Å²) in [7, 11) is 0.